The number of carbonyl (C=O) groups excluding carboxylic acids is 2. The molecular weight excluding hydrogens is 280 g/mol. The van der Waals surface area contributed by atoms with Crippen LogP contribution in [0.15, 0.2) is 17.5 Å². The number of nitrogens with zero attached hydrogens (tertiary/aromatic N) is 1. The minimum Gasteiger partial charge on any atom is -0.444 e. The highest BCUT2D eigenvalue weighted by Crippen LogP contribution is 2.22. The van der Waals surface area contributed by atoms with Crippen LogP contribution in [0.5, 0.6) is 5.88 Å². The quantitative estimate of drug-likeness (QED) is 0.681. The predicted octanol–water partition coefficient (Wildman–Crippen LogP) is 3.36. The first kappa shape index (κ1) is 16.2. The maximum Gasteiger partial charge on any atom is 0.413 e. The molecule has 7 heteroatoms. The molecule has 0 aliphatic heterocycles. The third-order valence-electron chi connectivity index (χ3n) is 1.79. The zero-order valence-electron chi connectivity index (χ0n) is 11.9. The largest absolute Gasteiger partial charge is 0.444 e. The summed E-state index contributed by atoms with van der Waals surface area (Å²) < 4.78 is 10.0. The summed E-state index contributed by atoms with van der Waals surface area (Å²) in [5.41, 5.74) is -0.582. The van der Waals surface area contributed by atoms with Crippen molar-refractivity contribution in [2.24, 2.45) is 0 Å². The van der Waals surface area contributed by atoms with Gasteiger partial charge in [0.2, 0.25) is 5.88 Å². The molecule has 1 rings (SSSR count). The van der Waals surface area contributed by atoms with E-state index in [0.717, 1.165) is 17.8 Å². The Morgan fingerprint density at radius 3 is 2.75 bits per heavy atom. The molecule has 0 saturated carbocycles. The van der Waals surface area contributed by atoms with Gasteiger partial charge in [0, 0.05) is 6.08 Å². The number of allylic oxidation sites excluding steroid dienone is 1. The fourth-order valence-electron chi connectivity index (χ4n) is 1.11. The molecule has 20 heavy (non-hydrogen) atoms. The number of hydrogen-bond acceptors (Lipinski definition) is 6. The normalized spacial score (nSPS) is 11.4. The molecule has 1 aromatic heterocycles. The summed E-state index contributed by atoms with van der Waals surface area (Å²) in [6.45, 7) is 7.21. The van der Waals surface area contributed by atoms with Crippen molar-refractivity contribution in [2.45, 2.75) is 39.7 Å². The molecule has 1 aromatic rings. The molecule has 0 aromatic carbocycles. The molecule has 1 amide bonds. The molecule has 0 aliphatic carbocycles. The van der Waals surface area contributed by atoms with Crippen molar-refractivity contribution in [3.8, 4) is 5.88 Å². The van der Waals surface area contributed by atoms with Crippen LogP contribution in [0.2, 0.25) is 0 Å². The van der Waals surface area contributed by atoms with Gasteiger partial charge in [-0.2, -0.15) is 4.98 Å². The Kier molecular flexibility index (Phi) is 5.69. The number of rotatable bonds is 4. The number of aromatic nitrogens is 1. The first-order chi connectivity index (χ1) is 9.30. The van der Waals surface area contributed by atoms with Crippen LogP contribution in [0, 0.1) is 0 Å². The molecular formula is C13H18N2O4S. The van der Waals surface area contributed by atoms with Gasteiger partial charge in [-0.15, -0.1) is 11.3 Å². The summed E-state index contributed by atoms with van der Waals surface area (Å²) in [6, 6.07) is 0. The van der Waals surface area contributed by atoms with Gasteiger partial charge in [-0.05, 0) is 27.2 Å². The maximum absolute atomic E-state index is 11.5. The van der Waals surface area contributed by atoms with Crippen molar-refractivity contribution in [3.05, 3.63) is 17.5 Å². The third-order valence-corrected chi connectivity index (χ3v) is 2.52. The standard InChI is InChI=1S/C13H18N2O4S/c1-5-6-7-10(16)18-9-8-20-11(14-9)15-12(17)19-13(2,3)4/h6-8H,5H2,1-4H3,(H,14,15,17). The smallest absolute Gasteiger partial charge is 0.413 e. The lowest BCUT2D eigenvalue weighted by Crippen LogP contribution is -2.27. The zero-order chi connectivity index (χ0) is 15.2. The number of nitrogens with one attached hydrogen (secondary N) is 1. The van der Waals surface area contributed by atoms with Gasteiger partial charge in [0.25, 0.3) is 0 Å². The summed E-state index contributed by atoms with van der Waals surface area (Å²) in [6.07, 6.45) is 3.17. The molecule has 0 spiro atoms. The third kappa shape index (κ3) is 6.33. The summed E-state index contributed by atoms with van der Waals surface area (Å²) in [5.74, 6) is -0.354. The van der Waals surface area contributed by atoms with E-state index >= 15 is 0 Å². The average molecular weight is 298 g/mol. The molecule has 0 fully saturated rings. The van der Waals surface area contributed by atoms with Crippen LogP contribution >= 0.6 is 11.3 Å². The second-order valence-electron chi connectivity index (χ2n) is 4.85. The first-order valence-electron chi connectivity index (χ1n) is 6.14. The van der Waals surface area contributed by atoms with E-state index in [1.807, 2.05) is 6.92 Å². The van der Waals surface area contributed by atoms with Gasteiger partial charge < -0.3 is 9.47 Å². The second kappa shape index (κ2) is 7.04. The van der Waals surface area contributed by atoms with E-state index in [4.69, 9.17) is 9.47 Å². The fourth-order valence-corrected chi connectivity index (χ4v) is 1.70. The van der Waals surface area contributed by atoms with E-state index in [-0.39, 0.29) is 5.88 Å². The van der Waals surface area contributed by atoms with E-state index in [2.05, 4.69) is 10.3 Å². The van der Waals surface area contributed by atoms with Gasteiger partial charge in [-0.1, -0.05) is 13.0 Å². The molecule has 0 unspecified atom stereocenters. The Hall–Kier alpha value is -1.89. The van der Waals surface area contributed by atoms with E-state index in [1.165, 1.54) is 11.5 Å². The van der Waals surface area contributed by atoms with E-state index < -0.39 is 17.7 Å². The summed E-state index contributed by atoms with van der Waals surface area (Å²) in [7, 11) is 0. The lowest BCUT2D eigenvalue weighted by molar-refractivity contribution is -0.129. The molecule has 0 radical (unpaired) electrons. The van der Waals surface area contributed by atoms with Crippen LogP contribution in [0.3, 0.4) is 0 Å². The minimum atomic E-state index is -0.601. The Labute approximate surface area is 121 Å². The molecule has 110 valence electrons. The molecule has 1 N–H and O–H groups in total. The monoisotopic (exact) mass is 298 g/mol. The van der Waals surface area contributed by atoms with Crippen molar-refractivity contribution in [1.82, 2.24) is 4.98 Å². The zero-order valence-corrected chi connectivity index (χ0v) is 12.7. The highest BCUT2D eigenvalue weighted by molar-refractivity contribution is 7.14. The molecule has 0 bridgehead atoms. The first-order valence-corrected chi connectivity index (χ1v) is 7.02. The number of thiazole rings is 1. The lowest BCUT2D eigenvalue weighted by atomic mass is 10.2. The van der Waals surface area contributed by atoms with E-state index in [1.54, 1.807) is 26.8 Å². The van der Waals surface area contributed by atoms with Gasteiger partial charge in [-0.3, -0.25) is 5.32 Å². The van der Waals surface area contributed by atoms with Gasteiger partial charge in [0.15, 0.2) is 5.13 Å². The topological polar surface area (TPSA) is 77.5 Å². The van der Waals surface area contributed by atoms with Crippen LogP contribution in [0.25, 0.3) is 0 Å². The van der Waals surface area contributed by atoms with Gasteiger partial charge in [0.1, 0.15) is 5.60 Å². The molecule has 1 heterocycles. The number of anilines is 1. The fraction of sp³-hybridized carbons (Fsp3) is 0.462. The van der Waals surface area contributed by atoms with Crippen LogP contribution < -0.4 is 10.1 Å². The Morgan fingerprint density at radius 2 is 2.15 bits per heavy atom. The Morgan fingerprint density at radius 1 is 1.45 bits per heavy atom. The second-order valence-corrected chi connectivity index (χ2v) is 5.71. The average Bonchev–Trinajstić information content (AvgIpc) is 2.71. The summed E-state index contributed by atoms with van der Waals surface area (Å²) >= 11 is 1.15. The van der Waals surface area contributed by atoms with Gasteiger partial charge in [0.05, 0.1) is 5.38 Å². The summed E-state index contributed by atoms with van der Waals surface area (Å²) in [4.78, 5) is 26.8. The van der Waals surface area contributed by atoms with Crippen LogP contribution in [-0.2, 0) is 9.53 Å². The number of esters is 1. The highest BCUT2D eigenvalue weighted by Gasteiger charge is 2.17. The minimum absolute atomic E-state index is 0.145. The van der Waals surface area contributed by atoms with Crippen molar-refractivity contribution in [2.75, 3.05) is 5.32 Å². The lowest BCUT2D eigenvalue weighted by Gasteiger charge is -2.18. The molecule has 0 aliphatic rings. The molecule has 0 atom stereocenters. The number of carbonyl (C=O) groups is 2. The Bertz CT molecular complexity index is 503. The number of hydrogen-bond donors (Lipinski definition) is 1. The van der Waals surface area contributed by atoms with Crippen LogP contribution in [0.4, 0.5) is 9.93 Å². The maximum atomic E-state index is 11.5. The van der Waals surface area contributed by atoms with Gasteiger partial charge in [-0.25, -0.2) is 9.59 Å². The van der Waals surface area contributed by atoms with Crippen molar-refractivity contribution in [3.63, 3.8) is 0 Å². The van der Waals surface area contributed by atoms with E-state index in [9.17, 15) is 9.59 Å². The molecule has 6 nitrogen and oxygen atoms in total. The predicted molar refractivity (Wildman–Crippen MR) is 77.0 cm³/mol. The van der Waals surface area contributed by atoms with Crippen molar-refractivity contribution >= 4 is 28.5 Å². The number of ether oxygens (including phenoxy) is 2. The highest BCUT2D eigenvalue weighted by atomic mass is 32.1. The van der Waals surface area contributed by atoms with Crippen LogP contribution in [0.1, 0.15) is 34.1 Å². The van der Waals surface area contributed by atoms with Crippen LogP contribution in [-0.4, -0.2) is 22.6 Å². The number of amides is 1. The summed E-state index contributed by atoms with van der Waals surface area (Å²) in [5, 5.41) is 4.31. The van der Waals surface area contributed by atoms with E-state index in [0.29, 0.717) is 5.13 Å². The molecule has 0 saturated heterocycles. The van der Waals surface area contributed by atoms with Crippen molar-refractivity contribution < 1.29 is 19.1 Å². The SMILES string of the molecule is CCC=CC(=O)Oc1csc(NC(=O)OC(C)(C)C)n1. The van der Waals surface area contributed by atoms with Crippen molar-refractivity contribution in [1.29, 1.82) is 0 Å². The Balaban J connectivity index is 2.53. The van der Waals surface area contributed by atoms with Gasteiger partial charge >= 0.3 is 12.1 Å².